The van der Waals surface area contributed by atoms with Crippen molar-refractivity contribution < 1.29 is 23.1 Å². The maximum absolute atomic E-state index is 10.6. The molecule has 90 valence electrons. The van der Waals surface area contributed by atoms with Crippen LogP contribution in [0.25, 0.3) is 0 Å². The predicted octanol–water partition coefficient (Wildman–Crippen LogP) is 2.13. The highest BCUT2D eigenvalue weighted by Gasteiger charge is 2.38. The van der Waals surface area contributed by atoms with Gasteiger partial charge in [-0.3, -0.25) is 0 Å². The molecule has 0 spiro atoms. The van der Waals surface area contributed by atoms with Gasteiger partial charge in [-0.25, -0.2) is 4.79 Å². The van der Waals surface area contributed by atoms with E-state index >= 15 is 0 Å². The van der Waals surface area contributed by atoms with Gasteiger partial charge in [0.15, 0.2) is 0 Å². The molecule has 0 radical (unpaired) electrons. The number of carboxylic acid groups (broad SMARTS) is 1. The molecule has 1 fully saturated rings. The van der Waals surface area contributed by atoms with E-state index in [0.29, 0.717) is 0 Å². The summed E-state index contributed by atoms with van der Waals surface area (Å²) in [4.78, 5) is 11.3. The van der Waals surface area contributed by atoms with Crippen molar-refractivity contribution in [3.8, 4) is 0 Å². The van der Waals surface area contributed by atoms with E-state index in [-0.39, 0.29) is 0 Å². The molecule has 6 heteroatoms. The van der Waals surface area contributed by atoms with Crippen LogP contribution in [0.5, 0.6) is 0 Å². The van der Waals surface area contributed by atoms with Crippen LogP contribution in [0.15, 0.2) is 0 Å². The lowest BCUT2D eigenvalue weighted by atomic mass is 10.2. The number of rotatable bonds is 0. The van der Waals surface area contributed by atoms with Crippen LogP contribution in [0, 0.1) is 0 Å². The minimum atomic E-state index is -5.08. The molecule has 0 aromatic rings. The number of nitrogens with zero attached hydrogens (tertiary/aromatic N) is 1. The first kappa shape index (κ1) is 14.2. The number of carboxylic acids is 1. The second kappa shape index (κ2) is 6.66. The van der Waals surface area contributed by atoms with E-state index in [1.54, 1.807) is 0 Å². The summed E-state index contributed by atoms with van der Waals surface area (Å²) in [6.07, 6.45) is 0.641. The van der Waals surface area contributed by atoms with Crippen molar-refractivity contribution in [2.75, 3.05) is 20.1 Å². The first-order valence-electron chi connectivity index (χ1n) is 4.82. The highest BCUT2D eigenvalue weighted by Crippen LogP contribution is 2.13. The van der Waals surface area contributed by atoms with Gasteiger partial charge in [-0.1, -0.05) is 12.8 Å². The van der Waals surface area contributed by atoms with Crippen molar-refractivity contribution in [2.24, 2.45) is 0 Å². The average Bonchev–Trinajstić information content (AvgIpc) is 2.32. The van der Waals surface area contributed by atoms with Crippen molar-refractivity contribution in [3.63, 3.8) is 0 Å². The Labute approximate surface area is 86.9 Å². The Morgan fingerprint density at radius 3 is 1.73 bits per heavy atom. The number of halogens is 3. The van der Waals surface area contributed by atoms with Gasteiger partial charge in [0, 0.05) is 0 Å². The molecule has 1 aliphatic rings. The highest BCUT2D eigenvalue weighted by atomic mass is 19.4. The third kappa shape index (κ3) is 8.23. The fraction of sp³-hybridized carbons (Fsp3) is 0.889. The molecule has 0 amide bonds. The summed E-state index contributed by atoms with van der Waals surface area (Å²) in [5.41, 5.74) is 0. The van der Waals surface area contributed by atoms with Gasteiger partial charge in [0.1, 0.15) is 0 Å². The maximum atomic E-state index is 10.6. The van der Waals surface area contributed by atoms with Gasteiger partial charge in [-0.05, 0) is 33.0 Å². The van der Waals surface area contributed by atoms with Crippen LogP contribution >= 0.6 is 0 Å². The third-order valence-corrected chi connectivity index (χ3v) is 2.07. The summed E-state index contributed by atoms with van der Waals surface area (Å²) in [5, 5.41) is 7.12. The summed E-state index contributed by atoms with van der Waals surface area (Å²) >= 11 is 0. The lowest BCUT2D eigenvalue weighted by molar-refractivity contribution is -0.192. The standard InChI is InChI=1S/C7H15N.C2HF3O2/c1-8-6-4-2-3-5-7-8;3-2(4,5)1(6)7/h2-7H2,1H3;(H,6,7). The van der Waals surface area contributed by atoms with Gasteiger partial charge in [-0.2, -0.15) is 13.2 Å². The lowest BCUT2D eigenvalue weighted by Gasteiger charge is -2.10. The Hall–Kier alpha value is -0.780. The number of aliphatic carboxylic acids is 1. The van der Waals surface area contributed by atoms with Crippen LogP contribution < -0.4 is 0 Å². The van der Waals surface area contributed by atoms with E-state index in [2.05, 4.69) is 11.9 Å². The molecule has 15 heavy (non-hydrogen) atoms. The molecule has 1 aliphatic heterocycles. The quantitative estimate of drug-likeness (QED) is 0.689. The van der Waals surface area contributed by atoms with Gasteiger partial charge >= 0.3 is 12.1 Å². The number of carbonyl (C=O) groups is 1. The zero-order valence-electron chi connectivity index (χ0n) is 8.68. The number of alkyl halides is 3. The Bertz CT molecular complexity index is 186. The molecule has 0 aromatic carbocycles. The molecule has 0 aliphatic carbocycles. The second-order valence-corrected chi connectivity index (χ2v) is 3.52. The Kier molecular flexibility index (Phi) is 6.31. The lowest BCUT2D eigenvalue weighted by Crippen LogP contribution is -2.21. The molecule has 0 unspecified atom stereocenters. The van der Waals surface area contributed by atoms with Crippen molar-refractivity contribution in [3.05, 3.63) is 0 Å². The molecule has 0 bridgehead atoms. The topological polar surface area (TPSA) is 40.5 Å². The molecular formula is C9H16F3NO2. The van der Waals surface area contributed by atoms with Gasteiger partial charge in [0.25, 0.3) is 0 Å². The summed E-state index contributed by atoms with van der Waals surface area (Å²) in [7, 11) is 2.21. The first-order chi connectivity index (χ1) is 6.84. The van der Waals surface area contributed by atoms with E-state index < -0.39 is 12.1 Å². The summed E-state index contributed by atoms with van der Waals surface area (Å²) in [6.45, 7) is 2.64. The second-order valence-electron chi connectivity index (χ2n) is 3.52. The Balaban J connectivity index is 0.000000265. The molecule has 3 nitrogen and oxygen atoms in total. The van der Waals surface area contributed by atoms with Gasteiger partial charge in [0.2, 0.25) is 0 Å². The van der Waals surface area contributed by atoms with Gasteiger partial charge in [-0.15, -0.1) is 0 Å². The van der Waals surface area contributed by atoms with E-state index in [1.807, 2.05) is 0 Å². The fourth-order valence-electron chi connectivity index (χ4n) is 1.23. The third-order valence-electron chi connectivity index (χ3n) is 2.07. The van der Waals surface area contributed by atoms with Crippen LogP contribution in [0.3, 0.4) is 0 Å². The minimum absolute atomic E-state index is 1.32. The minimum Gasteiger partial charge on any atom is -0.475 e. The monoisotopic (exact) mass is 227 g/mol. The van der Waals surface area contributed by atoms with Crippen molar-refractivity contribution in [2.45, 2.75) is 31.9 Å². The van der Waals surface area contributed by atoms with Crippen molar-refractivity contribution in [1.82, 2.24) is 4.90 Å². The van der Waals surface area contributed by atoms with E-state index in [0.717, 1.165) is 0 Å². The molecule has 0 aromatic heterocycles. The van der Waals surface area contributed by atoms with E-state index in [1.165, 1.54) is 38.8 Å². The highest BCUT2D eigenvalue weighted by molar-refractivity contribution is 5.73. The summed E-state index contributed by atoms with van der Waals surface area (Å²) < 4.78 is 31.7. The van der Waals surface area contributed by atoms with Crippen LogP contribution in [0.1, 0.15) is 25.7 Å². The Morgan fingerprint density at radius 1 is 1.13 bits per heavy atom. The number of hydrogen-bond acceptors (Lipinski definition) is 2. The zero-order chi connectivity index (χ0) is 11.9. The van der Waals surface area contributed by atoms with E-state index in [9.17, 15) is 13.2 Å². The summed E-state index contributed by atoms with van der Waals surface area (Å²) in [6, 6.07) is 0. The number of hydrogen-bond donors (Lipinski definition) is 1. The van der Waals surface area contributed by atoms with Crippen molar-refractivity contribution >= 4 is 5.97 Å². The van der Waals surface area contributed by atoms with Crippen LogP contribution in [-0.4, -0.2) is 42.3 Å². The van der Waals surface area contributed by atoms with Crippen LogP contribution in [-0.2, 0) is 4.79 Å². The first-order valence-corrected chi connectivity index (χ1v) is 4.82. The molecular weight excluding hydrogens is 211 g/mol. The molecule has 0 saturated carbocycles. The van der Waals surface area contributed by atoms with Crippen LogP contribution in [0.4, 0.5) is 13.2 Å². The summed E-state index contributed by atoms with van der Waals surface area (Å²) in [5.74, 6) is -2.76. The Morgan fingerprint density at radius 2 is 1.47 bits per heavy atom. The van der Waals surface area contributed by atoms with Crippen molar-refractivity contribution in [1.29, 1.82) is 0 Å². The largest absolute Gasteiger partial charge is 0.490 e. The molecule has 1 N–H and O–H groups in total. The zero-order valence-corrected chi connectivity index (χ0v) is 8.68. The maximum Gasteiger partial charge on any atom is 0.490 e. The molecule has 0 atom stereocenters. The smallest absolute Gasteiger partial charge is 0.475 e. The van der Waals surface area contributed by atoms with Gasteiger partial charge < -0.3 is 10.0 Å². The molecule has 1 heterocycles. The average molecular weight is 227 g/mol. The van der Waals surface area contributed by atoms with Gasteiger partial charge in [0.05, 0.1) is 0 Å². The molecule has 1 saturated heterocycles. The SMILES string of the molecule is CN1CCCCCC1.O=C(O)C(F)(F)F. The normalized spacial score (nSPS) is 18.7. The number of likely N-dealkylation sites (tertiary alicyclic amines) is 1. The molecule has 1 rings (SSSR count). The predicted molar refractivity (Wildman–Crippen MR) is 49.7 cm³/mol. The fourth-order valence-corrected chi connectivity index (χ4v) is 1.23. The van der Waals surface area contributed by atoms with Crippen LogP contribution in [0.2, 0.25) is 0 Å². The van der Waals surface area contributed by atoms with E-state index in [4.69, 9.17) is 9.90 Å².